The van der Waals surface area contributed by atoms with Gasteiger partial charge in [-0.25, -0.2) is 0 Å². The Labute approximate surface area is 165 Å². The SMILES string of the molecule is C=CCN1C(=O)C2CCC(C(=O)Nc3ccc4c(c3)CCC4)CC2NC1=S. The Kier molecular flexibility index (Phi) is 5.00. The standard InChI is InChI=1S/C21H25N3O2S/c1-2-10-24-20(26)17-9-7-15(12-18(17)23-21(24)27)19(25)22-16-8-6-13-4-3-5-14(13)11-16/h2,6,8,11,15,17-18H,1,3-5,7,9-10,12H2,(H,22,25)(H,23,27). The molecule has 1 aromatic carbocycles. The minimum Gasteiger partial charge on any atom is -0.359 e. The van der Waals surface area contributed by atoms with Gasteiger partial charge in [0.15, 0.2) is 5.11 Å². The topological polar surface area (TPSA) is 61.4 Å². The van der Waals surface area contributed by atoms with Crippen LogP contribution in [0, 0.1) is 11.8 Å². The van der Waals surface area contributed by atoms with Crippen LogP contribution in [0.2, 0.25) is 0 Å². The van der Waals surface area contributed by atoms with Crippen LogP contribution in [0.3, 0.4) is 0 Å². The number of fused-ring (bicyclic) bond motifs is 2. The molecule has 4 rings (SSSR count). The molecule has 0 bridgehead atoms. The maximum Gasteiger partial charge on any atom is 0.234 e. The molecule has 1 saturated carbocycles. The van der Waals surface area contributed by atoms with Crippen molar-refractivity contribution in [1.82, 2.24) is 10.2 Å². The molecule has 0 radical (unpaired) electrons. The fourth-order valence-electron chi connectivity index (χ4n) is 4.60. The number of carbonyl (C=O) groups excluding carboxylic acids is 2. The van der Waals surface area contributed by atoms with E-state index in [1.807, 2.05) is 6.07 Å². The molecule has 1 saturated heterocycles. The molecule has 3 unspecified atom stereocenters. The summed E-state index contributed by atoms with van der Waals surface area (Å²) in [5.74, 6) is -0.115. The lowest BCUT2D eigenvalue weighted by atomic mass is 9.76. The Balaban J connectivity index is 1.40. The van der Waals surface area contributed by atoms with Crippen molar-refractivity contribution in [2.75, 3.05) is 11.9 Å². The number of carbonyl (C=O) groups is 2. The largest absolute Gasteiger partial charge is 0.359 e. The number of thiocarbonyl (C=S) groups is 1. The van der Waals surface area contributed by atoms with E-state index >= 15 is 0 Å². The zero-order chi connectivity index (χ0) is 19.0. The van der Waals surface area contributed by atoms with Crippen molar-refractivity contribution in [3.63, 3.8) is 0 Å². The summed E-state index contributed by atoms with van der Waals surface area (Å²) in [5, 5.41) is 6.80. The van der Waals surface area contributed by atoms with E-state index in [1.54, 1.807) is 11.0 Å². The average molecular weight is 384 g/mol. The number of hydrogen-bond acceptors (Lipinski definition) is 3. The van der Waals surface area contributed by atoms with Gasteiger partial charge in [0.1, 0.15) is 0 Å². The monoisotopic (exact) mass is 383 g/mol. The highest BCUT2D eigenvalue weighted by Gasteiger charge is 2.43. The number of aryl methyl sites for hydroxylation is 2. The molecule has 6 heteroatoms. The molecule has 3 aliphatic rings. The summed E-state index contributed by atoms with van der Waals surface area (Å²) in [7, 11) is 0. The van der Waals surface area contributed by atoms with Gasteiger partial charge >= 0.3 is 0 Å². The third-order valence-electron chi connectivity index (χ3n) is 6.04. The molecule has 2 fully saturated rings. The highest BCUT2D eigenvalue weighted by Crippen LogP contribution is 2.34. The van der Waals surface area contributed by atoms with E-state index in [0.717, 1.165) is 24.9 Å². The second-order valence-corrected chi connectivity index (χ2v) is 8.12. The first-order chi connectivity index (χ1) is 13.1. The van der Waals surface area contributed by atoms with Gasteiger partial charge in [-0.15, -0.1) is 6.58 Å². The predicted molar refractivity (Wildman–Crippen MR) is 109 cm³/mol. The van der Waals surface area contributed by atoms with Gasteiger partial charge in [0, 0.05) is 24.2 Å². The zero-order valence-electron chi connectivity index (χ0n) is 15.4. The Morgan fingerprint density at radius 1 is 1.33 bits per heavy atom. The van der Waals surface area contributed by atoms with Gasteiger partial charge in [-0.3, -0.25) is 14.5 Å². The number of nitrogens with zero attached hydrogens (tertiary/aromatic N) is 1. The van der Waals surface area contributed by atoms with Gasteiger partial charge in [-0.2, -0.15) is 0 Å². The van der Waals surface area contributed by atoms with E-state index in [0.29, 0.717) is 24.5 Å². The van der Waals surface area contributed by atoms with Crippen molar-refractivity contribution >= 4 is 34.8 Å². The smallest absolute Gasteiger partial charge is 0.234 e. The minimum atomic E-state index is -0.110. The molecule has 0 aromatic heterocycles. The molecular formula is C21H25N3O2S. The van der Waals surface area contributed by atoms with Crippen LogP contribution < -0.4 is 10.6 Å². The number of anilines is 1. The van der Waals surface area contributed by atoms with Crippen molar-refractivity contribution in [3.8, 4) is 0 Å². The van der Waals surface area contributed by atoms with Crippen LogP contribution in [0.5, 0.6) is 0 Å². The highest BCUT2D eigenvalue weighted by atomic mass is 32.1. The lowest BCUT2D eigenvalue weighted by Crippen LogP contribution is -2.61. The van der Waals surface area contributed by atoms with Gasteiger partial charge in [0.05, 0.1) is 5.92 Å². The summed E-state index contributed by atoms with van der Waals surface area (Å²) >= 11 is 5.34. The molecule has 2 amide bonds. The fourth-order valence-corrected chi connectivity index (χ4v) is 4.91. The summed E-state index contributed by atoms with van der Waals surface area (Å²) in [6.45, 7) is 4.12. The van der Waals surface area contributed by atoms with Crippen molar-refractivity contribution in [3.05, 3.63) is 42.0 Å². The van der Waals surface area contributed by atoms with Crippen LogP contribution in [0.1, 0.15) is 36.8 Å². The maximum absolute atomic E-state index is 12.8. The van der Waals surface area contributed by atoms with Crippen LogP contribution in [-0.4, -0.2) is 34.4 Å². The number of amides is 2. The second kappa shape index (κ2) is 7.43. The van der Waals surface area contributed by atoms with Gasteiger partial charge in [0.25, 0.3) is 0 Å². The van der Waals surface area contributed by atoms with E-state index in [4.69, 9.17) is 12.2 Å². The zero-order valence-corrected chi connectivity index (χ0v) is 16.2. The predicted octanol–water partition coefficient (Wildman–Crippen LogP) is 2.80. The van der Waals surface area contributed by atoms with Crippen molar-refractivity contribution < 1.29 is 9.59 Å². The van der Waals surface area contributed by atoms with Crippen molar-refractivity contribution in [1.29, 1.82) is 0 Å². The van der Waals surface area contributed by atoms with Crippen LogP contribution >= 0.6 is 12.2 Å². The first-order valence-electron chi connectivity index (χ1n) is 9.72. The molecule has 1 aliphatic heterocycles. The average Bonchev–Trinajstić information content (AvgIpc) is 3.12. The molecule has 2 N–H and O–H groups in total. The van der Waals surface area contributed by atoms with Gasteiger partial charge in [-0.1, -0.05) is 12.1 Å². The summed E-state index contributed by atoms with van der Waals surface area (Å²) in [5.41, 5.74) is 3.63. The number of hydrogen-bond donors (Lipinski definition) is 2. The van der Waals surface area contributed by atoms with Crippen LogP contribution in [0.15, 0.2) is 30.9 Å². The summed E-state index contributed by atoms with van der Waals surface area (Å²) in [4.78, 5) is 27.1. The Bertz CT molecular complexity index is 807. The van der Waals surface area contributed by atoms with E-state index < -0.39 is 0 Å². The minimum absolute atomic E-state index is 0.0417. The Morgan fingerprint density at radius 3 is 2.96 bits per heavy atom. The third kappa shape index (κ3) is 3.50. The second-order valence-electron chi connectivity index (χ2n) is 7.74. The summed E-state index contributed by atoms with van der Waals surface area (Å²) in [6, 6.07) is 6.17. The number of benzene rings is 1. The number of nitrogens with one attached hydrogen (secondary N) is 2. The molecule has 1 heterocycles. The normalized spacial score (nSPS) is 26.8. The summed E-state index contributed by atoms with van der Waals surface area (Å²) in [6.07, 6.45) is 7.17. The molecule has 2 aliphatic carbocycles. The van der Waals surface area contributed by atoms with E-state index in [9.17, 15) is 9.59 Å². The van der Waals surface area contributed by atoms with Crippen LogP contribution in [0.25, 0.3) is 0 Å². The maximum atomic E-state index is 12.8. The van der Waals surface area contributed by atoms with Crippen molar-refractivity contribution in [2.24, 2.45) is 11.8 Å². The fraction of sp³-hybridized carbons (Fsp3) is 0.476. The van der Waals surface area contributed by atoms with E-state index in [-0.39, 0.29) is 29.7 Å². The lowest BCUT2D eigenvalue weighted by Gasteiger charge is -2.43. The van der Waals surface area contributed by atoms with Crippen LogP contribution in [-0.2, 0) is 22.4 Å². The van der Waals surface area contributed by atoms with E-state index in [2.05, 4.69) is 29.3 Å². The molecule has 3 atom stereocenters. The summed E-state index contributed by atoms with van der Waals surface area (Å²) < 4.78 is 0. The third-order valence-corrected chi connectivity index (χ3v) is 6.37. The molecular weight excluding hydrogens is 358 g/mol. The van der Waals surface area contributed by atoms with Gasteiger partial charge in [-0.05, 0) is 74.0 Å². The molecule has 5 nitrogen and oxygen atoms in total. The number of rotatable bonds is 4. The Hall–Kier alpha value is -2.21. The Morgan fingerprint density at radius 2 is 2.15 bits per heavy atom. The molecule has 27 heavy (non-hydrogen) atoms. The molecule has 1 aromatic rings. The van der Waals surface area contributed by atoms with E-state index in [1.165, 1.54) is 17.5 Å². The first kappa shape index (κ1) is 18.2. The first-order valence-corrected chi connectivity index (χ1v) is 10.1. The lowest BCUT2D eigenvalue weighted by molar-refractivity contribution is -0.136. The van der Waals surface area contributed by atoms with Crippen LogP contribution in [0.4, 0.5) is 5.69 Å². The van der Waals surface area contributed by atoms with Crippen molar-refractivity contribution in [2.45, 2.75) is 44.6 Å². The van der Waals surface area contributed by atoms with Gasteiger partial charge < -0.3 is 10.6 Å². The van der Waals surface area contributed by atoms with Gasteiger partial charge in [0.2, 0.25) is 11.8 Å². The highest BCUT2D eigenvalue weighted by molar-refractivity contribution is 7.80. The molecule has 0 spiro atoms. The molecule has 142 valence electrons. The quantitative estimate of drug-likeness (QED) is 0.620.